The van der Waals surface area contributed by atoms with Gasteiger partial charge in [0.25, 0.3) is 0 Å². The van der Waals surface area contributed by atoms with E-state index in [9.17, 15) is 0 Å². The summed E-state index contributed by atoms with van der Waals surface area (Å²) in [5.74, 6) is 1.22. The Kier molecular flexibility index (Phi) is 6.17. The van der Waals surface area contributed by atoms with Crippen LogP contribution in [0.1, 0.15) is 43.7 Å². The number of piperidine rings is 1. The molecule has 0 bridgehead atoms. The Bertz CT molecular complexity index is 675. The first-order valence-corrected chi connectivity index (χ1v) is 8.21. The van der Waals surface area contributed by atoms with Crippen LogP contribution in [0.25, 0.3) is 0 Å². The number of aryl methyl sites for hydroxylation is 1. The standard InChI is InChI=1S/C18H23N5O/c1-12(2)24-18-9-16(14-4-6-21-7-5-14)13(3)8-17(18)23-22-15(10-19)11-20/h8-9,12,14,21,23H,4-7H2,1-3H3. The summed E-state index contributed by atoms with van der Waals surface area (Å²) in [6, 6.07) is 7.53. The van der Waals surface area contributed by atoms with E-state index in [0.29, 0.717) is 17.4 Å². The number of nitriles is 2. The summed E-state index contributed by atoms with van der Waals surface area (Å²) in [5, 5.41) is 24.8. The maximum absolute atomic E-state index is 8.81. The molecule has 0 radical (unpaired) electrons. The summed E-state index contributed by atoms with van der Waals surface area (Å²) < 4.78 is 5.92. The van der Waals surface area contributed by atoms with Crippen molar-refractivity contribution in [2.75, 3.05) is 18.5 Å². The molecule has 1 saturated heterocycles. The van der Waals surface area contributed by atoms with Gasteiger partial charge < -0.3 is 10.1 Å². The van der Waals surface area contributed by atoms with Gasteiger partial charge in [0.2, 0.25) is 5.71 Å². The minimum Gasteiger partial charge on any atom is -0.489 e. The van der Waals surface area contributed by atoms with E-state index >= 15 is 0 Å². The quantitative estimate of drug-likeness (QED) is 0.641. The lowest BCUT2D eigenvalue weighted by Gasteiger charge is -2.26. The number of nitrogens with zero attached hydrogens (tertiary/aromatic N) is 3. The monoisotopic (exact) mass is 325 g/mol. The first kappa shape index (κ1) is 17.8. The molecule has 1 aliphatic heterocycles. The lowest BCUT2D eigenvalue weighted by Crippen LogP contribution is -2.27. The van der Waals surface area contributed by atoms with Crippen LogP contribution in [0.3, 0.4) is 0 Å². The van der Waals surface area contributed by atoms with Gasteiger partial charge in [-0.2, -0.15) is 15.6 Å². The molecule has 6 nitrogen and oxygen atoms in total. The molecule has 0 saturated carbocycles. The predicted octanol–water partition coefficient (Wildman–Crippen LogP) is 3.06. The van der Waals surface area contributed by atoms with Crippen LogP contribution in [0, 0.1) is 29.6 Å². The van der Waals surface area contributed by atoms with Crippen molar-refractivity contribution in [3.05, 3.63) is 23.3 Å². The highest BCUT2D eigenvalue weighted by atomic mass is 16.5. The Hall–Kier alpha value is -2.57. The normalized spacial score (nSPS) is 14.6. The minimum absolute atomic E-state index is 0.0181. The van der Waals surface area contributed by atoms with E-state index in [0.717, 1.165) is 31.5 Å². The molecule has 0 spiro atoms. The summed E-state index contributed by atoms with van der Waals surface area (Å²) in [5.41, 5.74) is 5.70. The topological polar surface area (TPSA) is 93.2 Å². The largest absolute Gasteiger partial charge is 0.489 e. The number of nitrogens with one attached hydrogen (secondary N) is 2. The number of hydrogen-bond acceptors (Lipinski definition) is 6. The Morgan fingerprint density at radius 1 is 1.29 bits per heavy atom. The molecule has 1 aromatic rings. The summed E-state index contributed by atoms with van der Waals surface area (Å²) in [6.07, 6.45) is 2.24. The number of hydrazone groups is 1. The van der Waals surface area contributed by atoms with Crippen molar-refractivity contribution < 1.29 is 4.74 Å². The first-order valence-electron chi connectivity index (χ1n) is 8.21. The molecule has 1 heterocycles. The third kappa shape index (κ3) is 4.47. The maximum atomic E-state index is 8.81. The molecule has 1 aromatic carbocycles. The van der Waals surface area contributed by atoms with Crippen molar-refractivity contribution in [2.24, 2.45) is 5.10 Å². The molecule has 1 fully saturated rings. The van der Waals surface area contributed by atoms with E-state index in [2.05, 4.69) is 28.8 Å². The van der Waals surface area contributed by atoms with E-state index in [1.165, 1.54) is 5.56 Å². The second-order valence-corrected chi connectivity index (χ2v) is 6.19. The van der Waals surface area contributed by atoms with Gasteiger partial charge in [0.05, 0.1) is 11.8 Å². The van der Waals surface area contributed by atoms with Crippen LogP contribution in [0.5, 0.6) is 5.75 Å². The van der Waals surface area contributed by atoms with E-state index < -0.39 is 0 Å². The van der Waals surface area contributed by atoms with Gasteiger partial charge in [-0.25, -0.2) is 0 Å². The van der Waals surface area contributed by atoms with Crippen molar-refractivity contribution in [1.82, 2.24) is 5.32 Å². The van der Waals surface area contributed by atoms with Gasteiger partial charge >= 0.3 is 0 Å². The predicted molar refractivity (Wildman–Crippen MR) is 94.1 cm³/mol. The molecule has 2 N–H and O–H groups in total. The highest BCUT2D eigenvalue weighted by Crippen LogP contribution is 2.36. The van der Waals surface area contributed by atoms with Gasteiger partial charge in [-0.05, 0) is 75.9 Å². The maximum Gasteiger partial charge on any atom is 0.237 e. The van der Waals surface area contributed by atoms with Crippen molar-refractivity contribution >= 4 is 11.4 Å². The summed E-state index contributed by atoms with van der Waals surface area (Å²) >= 11 is 0. The molecule has 0 aromatic heterocycles. The number of rotatable bonds is 5. The lowest BCUT2D eigenvalue weighted by molar-refractivity contribution is 0.243. The molecule has 0 aliphatic carbocycles. The number of anilines is 1. The Balaban J connectivity index is 2.36. The van der Waals surface area contributed by atoms with E-state index in [4.69, 9.17) is 15.3 Å². The molecular weight excluding hydrogens is 302 g/mol. The summed E-state index contributed by atoms with van der Waals surface area (Å²) in [7, 11) is 0. The molecule has 24 heavy (non-hydrogen) atoms. The molecule has 126 valence electrons. The fourth-order valence-corrected chi connectivity index (χ4v) is 2.91. The zero-order valence-electron chi connectivity index (χ0n) is 14.4. The molecule has 0 atom stereocenters. The molecule has 1 aliphatic rings. The van der Waals surface area contributed by atoms with Crippen LogP contribution < -0.4 is 15.5 Å². The van der Waals surface area contributed by atoms with E-state index in [-0.39, 0.29) is 11.8 Å². The third-order valence-electron chi connectivity index (χ3n) is 4.01. The number of hydrogen-bond donors (Lipinski definition) is 2. The average molecular weight is 325 g/mol. The smallest absolute Gasteiger partial charge is 0.237 e. The van der Waals surface area contributed by atoms with E-state index in [1.54, 1.807) is 12.1 Å². The van der Waals surface area contributed by atoms with Crippen LogP contribution in [0.15, 0.2) is 17.2 Å². The zero-order valence-corrected chi connectivity index (χ0v) is 14.4. The van der Waals surface area contributed by atoms with Gasteiger partial charge in [0, 0.05) is 0 Å². The third-order valence-corrected chi connectivity index (χ3v) is 4.01. The minimum atomic E-state index is -0.217. The molecule has 6 heteroatoms. The molecule has 0 unspecified atom stereocenters. The second-order valence-electron chi connectivity index (χ2n) is 6.19. The Morgan fingerprint density at radius 3 is 2.54 bits per heavy atom. The van der Waals surface area contributed by atoms with Gasteiger partial charge in [-0.15, -0.1) is 0 Å². The van der Waals surface area contributed by atoms with Gasteiger partial charge in [-0.3, -0.25) is 5.43 Å². The fourth-order valence-electron chi connectivity index (χ4n) is 2.91. The number of benzene rings is 1. The molecular formula is C18H23N5O. The van der Waals surface area contributed by atoms with Gasteiger partial charge in [0.15, 0.2) is 0 Å². The fraction of sp³-hybridized carbons (Fsp3) is 0.500. The van der Waals surface area contributed by atoms with Crippen LogP contribution in [0.2, 0.25) is 0 Å². The van der Waals surface area contributed by atoms with E-state index in [1.807, 2.05) is 19.9 Å². The van der Waals surface area contributed by atoms with Crippen LogP contribution in [-0.2, 0) is 0 Å². The van der Waals surface area contributed by atoms with Crippen molar-refractivity contribution in [1.29, 1.82) is 10.5 Å². The van der Waals surface area contributed by atoms with Crippen molar-refractivity contribution in [3.63, 3.8) is 0 Å². The molecule has 0 amide bonds. The average Bonchev–Trinajstić information content (AvgIpc) is 2.58. The second kappa shape index (κ2) is 8.33. The van der Waals surface area contributed by atoms with Gasteiger partial charge in [-0.1, -0.05) is 0 Å². The van der Waals surface area contributed by atoms with Crippen LogP contribution in [0.4, 0.5) is 5.69 Å². The summed E-state index contributed by atoms with van der Waals surface area (Å²) in [6.45, 7) is 8.06. The Morgan fingerprint density at radius 2 is 1.96 bits per heavy atom. The number of ether oxygens (including phenoxy) is 1. The van der Waals surface area contributed by atoms with Crippen LogP contribution >= 0.6 is 0 Å². The SMILES string of the molecule is Cc1cc(NN=C(C#N)C#N)c(OC(C)C)cc1C1CCNCC1. The summed E-state index contributed by atoms with van der Waals surface area (Å²) in [4.78, 5) is 0. The first-order chi connectivity index (χ1) is 11.5. The Labute approximate surface area is 143 Å². The zero-order chi connectivity index (χ0) is 17.5. The lowest BCUT2D eigenvalue weighted by atomic mass is 9.87. The van der Waals surface area contributed by atoms with Gasteiger partial charge in [0.1, 0.15) is 17.9 Å². The highest BCUT2D eigenvalue weighted by Gasteiger charge is 2.20. The van der Waals surface area contributed by atoms with Crippen molar-refractivity contribution in [3.8, 4) is 17.9 Å². The van der Waals surface area contributed by atoms with Crippen molar-refractivity contribution in [2.45, 2.75) is 45.6 Å². The molecule has 2 rings (SSSR count). The highest BCUT2D eigenvalue weighted by molar-refractivity contribution is 6.10. The van der Waals surface area contributed by atoms with Crippen LogP contribution in [-0.4, -0.2) is 24.9 Å².